The lowest BCUT2D eigenvalue weighted by molar-refractivity contribution is 0.0196. The molecule has 0 amide bonds. The fourth-order valence-corrected chi connectivity index (χ4v) is 2.38. The predicted molar refractivity (Wildman–Crippen MR) is 45.5 cm³/mol. The van der Waals surface area contributed by atoms with Crippen molar-refractivity contribution < 1.29 is 4.74 Å². The number of allylic oxidation sites excluding steroid dienone is 1. The van der Waals surface area contributed by atoms with Crippen LogP contribution in [0.15, 0.2) is 12.2 Å². The maximum atomic E-state index is 5.36. The Morgan fingerprint density at radius 2 is 1.91 bits per heavy atom. The van der Waals surface area contributed by atoms with E-state index in [9.17, 15) is 0 Å². The third-order valence-electron chi connectivity index (χ3n) is 3.19. The normalized spacial score (nSPS) is 29.6. The maximum Gasteiger partial charge on any atom is 0.0471 e. The maximum absolute atomic E-state index is 5.36. The van der Waals surface area contributed by atoms with E-state index in [4.69, 9.17) is 4.74 Å². The third-order valence-corrected chi connectivity index (χ3v) is 3.19. The Morgan fingerprint density at radius 3 is 2.45 bits per heavy atom. The molecule has 0 aromatic heterocycles. The molecular formula is C10H16O. The Bertz CT molecular complexity index is 166. The summed E-state index contributed by atoms with van der Waals surface area (Å²) >= 11 is 0. The van der Waals surface area contributed by atoms with E-state index in [0.29, 0.717) is 5.41 Å². The first kappa shape index (κ1) is 7.35. The molecule has 0 aromatic carbocycles. The summed E-state index contributed by atoms with van der Waals surface area (Å²) in [6.45, 7) is 6.02. The van der Waals surface area contributed by atoms with Crippen LogP contribution in [0.25, 0.3) is 0 Å². The van der Waals surface area contributed by atoms with E-state index < -0.39 is 0 Å². The quantitative estimate of drug-likeness (QED) is 0.485. The van der Waals surface area contributed by atoms with Crippen LogP contribution in [-0.2, 0) is 4.74 Å². The number of hydrogen-bond acceptors (Lipinski definition) is 1. The molecule has 1 heteroatoms. The van der Waals surface area contributed by atoms with Gasteiger partial charge in [0.05, 0.1) is 0 Å². The van der Waals surface area contributed by atoms with Gasteiger partial charge in [-0.15, -0.1) is 0 Å². The molecule has 0 bridgehead atoms. The first-order valence-corrected chi connectivity index (χ1v) is 4.55. The van der Waals surface area contributed by atoms with Gasteiger partial charge in [0.1, 0.15) is 0 Å². The van der Waals surface area contributed by atoms with Gasteiger partial charge in [-0.05, 0) is 37.5 Å². The van der Waals surface area contributed by atoms with E-state index in [1.165, 1.54) is 37.7 Å². The van der Waals surface area contributed by atoms with Crippen LogP contribution in [0.1, 0.15) is 32.1 Å². The van der Waals surface area contributed by atoms with E-state index in [2.05, 4.69) is 6.58 Å². The average Bonchev–Trinajstić information content (AvgIpc) is 2.34. The Morgan fingerprint density at radius 1 is 1.18 bits per heavy atom. The Kier molecular flexibility index (Phi) is 1.76. The molecule has 0 radical (unpaired) electrons. The lowest BCUT2D eigenvalue weighted by atomic mass is 9.79. The monoisotopic (exact) mass is 152 g/mol. The van der Waals surface area contributed by atoms with Crippen LogP contribution < -0.4 is 0 Å². The van der Waals surface area contributed by atoms with Gasteiger partial charge in [-0.25, -0.2) is 0 Å². The van der Waals surface area contributed by atoms with Crippen molar-refractivity contribution in [3.05, 3.63) is 12.2 Å². The topological polar surface area (TPSA) is 9.23 Å². The van der Waals surface area contributed by atoms with Crippen LogP contribution in [-0.4, -0.2) is 13.2 Å². The summed E-state index contributed by atoms with van der Waals surface area (Å²) in [6, 6.07) is 0. The summed E-state index contributed by atoms with van der Waals surface area (Å²) in [4.78, 5) is 0. The van der Waals surface area contributed by atoms with E-state index >= 15 is 0 Å². The molecule has 1 nitrogen and oxygen atoms in total. The summed E-state index contributed by atoms with van der Waals surface area (Å²) in [5, 5.41) is 0. The highest BCUT2D eigenvalue weighted by atomic mass is 16.5. The molecule has 2 fully saturated rings. The van der Waals surface area contributed by atoms with E-state index in [0.717, 1.165) is 13.2 Å². The predicted octanol–water partition coefficient (Wildman–Crippen LogP) is 2.52. The molecule has 0 aromatic rings. The van der Waals surface area contributed by atoms with Gasteiger partial charge < -0.3 is 4.74 Å². The molecule has 1 heterocycles. The fraction of sp³-hybridized carbons (Fsp3) is 0.800. The Labute approximate surface area is 68.4 Å². The van der Waals surface area contributed by atoms with Crippen molar-refractivity contribution >= 4 is 0 Å². The molecule has 2 rings (SSSR count). The molecule has 0 unspecified atom stereocenters. The first-order valence-electron chi connectivity index (χ1n) is 4.55. The van der Waals surface area contributed by atoms with Crippen LogP contribution in [0.5, 0.6) is 0 Å². The van der Waals surface area contributed by atoms with Gasteiger partial charge in [-0.1, -0.05) is 12.2 Å². The Balaban J connectivity index is 2.03. The van der Waals surface area contributed by atoms with Crippen LogP contribution in [0.2, 0.25) is 0 Å². The molecule has 1 aliphatic carbocycles. The fourth-order valence-electron chi connectivity index (χ4n) is 2.38. The van der Waals surface area contributed by atoms with Crippen LogP contribution in [0.3, 0.4) is 0 Å². The largest absolute Gasteiger partial charge is 0.381 e. The molecule has 0 N–H and O–H groups in total. The molecular weight excluding hydrogens is 136 g/mol. The highest BCUT2D eigenvalue weighted by molar-refractivity contribution is 5.08. The zero-order valence-electron chi connectivity index (χ0n) is 7.07. The number of hydrogen-bond donors (Lipinski definition) is 0. The minimum absolute atomic E-state index is 0.620. The van der Waals surface area contributed by atoms with Crippen molar-refractivity contribution in [3.63, 3.8) is 0 Å². The van der Waals surface area contributed by atoms with Gasteiger partial charge in [0.25, 0.3) is 0 Å². The van der Waals surface area contributed by atoms with Gasteiger partial charge in [0, 0.05) is 13.2 Å². The first-order chi connectivity index (χ1) is 5.31. The molecule has 62 valence electrons. The smallest absolute Gasteiger partial charge is 0.0471 e. The second kappa shape index (κ2) is 2.63. The second-order valence-electron chi connectivity index (χ2n) is 4.04. The standard InChI is InChI=1S/C10H16O/c1-9-2-3-10(8-9)4-6-11-7-5-10/h1-8H2. The van der Waals surface area contributed by atoms with Crippen LogP contribution in [0.4, 0.5) is 0 Å². The van der Waals surface area contributed by atoms with E-state index in [-0.39, 0.29) is 0 Å². The number of ether oxygens (including phenoxy) is 1. The van der Waals surface area contributed by atoms with Crippen molar-refractivity contribution in [2.24, 2.45) is 5.41 Å². The summed E-state index contributed by atoms with van der Waals surface area (Å²) in [5.41, 5.74) is 2.09. The number of rotatable bonds is 0. The van der Waals surface area contributed by atoms with Crippen molar-refractivity contribution in [2.75, 3.05) is 13.2 Å². The molecule has 1 spiro atoms. The van der Waals surface area contributed by atoms with Gasteiger partial charge in [0.15, 0.2) is 0 Å². The summed E-state index contributed by atoms with van der Waals surface area (Å²) < 4.78 is 5.36. The van der Waals surface area contributed by atoms with Crippen molar-refractivity contribution in [3.8, 4) is 0 Å². The van der Waals surface area contributed by atoms with Gasteiger partial charge >= 0.3 is 0 Å². The van der Waals surface area contributed by atoms with Crippen molar-refractivity contribution in [1.82, 2.24) is 0 Å². The third kappa shape index (κ3) is 1.34. The zero-order valence-corrected chi connectivity index (χ0v) is 7.07. The van der Waals surface area contributed by atoms with Crippen LogP contribution in [0, 0.1) is 5.41 Å². The molecule has 1 saturated heterocycles. The Hall–Kier alpha value is -0.300. The summed E-state index contributed by atoms with van der Waals surface area (Å²) in [6.07, 6.45) is 6.45. The minimum atomic E-state index is 0.620. The van der Waals surface area contributed by atoms with Gasteiger partial charge in [-0.3, -0.25) is 0 Å². The van der Waals surface area contributed by atoms with E-state index in [1.54, 1.807) is 0 Å². The minimum Gasteiger partial charge on any atom is -0.381 e. The SMILES string of the molecule is C=C1CCC2(CCOCC2)C1. The van der Waals surface area contributed by atoms with Gasteiger partial charge in [0.2, 0.25) is 0 Å². The molecule has 11 heavy (non-hydrogen) atoms. The highest BCUT2D eigenvalue weighted by Gasteiger charge is 2.36. The summed E-state index contributed by atoms with van der Waals surface area (Å²) in [7, 11) is 0. The van der Waals surface area contributed by atoms with Crippen LogP contribution >= 0.6 is 0 Å². The molecule has 2 aliphatic rings. The van der Waals surface area contributed by atoms with E-state index in [1.807, 2.05) is 0 Å². The molecule has 1 aliphatic heterocycles. The summed E-state index contributed by atoms with van der Waals surface area (Å²) in [5.74, 6) is 0. The van der Waals surface area contributed by atoms with Crippen molar-refractivity contribution in [2.45, 2.75) is 32.1 Å². The molecule has 1 saturated carbocycles. The zero-order chi connectivity index (χ0) is 7.73. The second-order valence-corrected chi connectivity index (χ2v) is 4.04. The lowest BCUT2D eigenvalue weighted by Crippen LogP contribution is -2.26. The lowest BCUT2D eigenvalue weighted by Gasteiger charge is -2.32. The van der Waals surface area contributed by atoms with Crippen molar-refractivity contribution in [1.29, 1.82) is 0 Å². The van der Waals surface area contributed by atoms with Gasteiger partial charge in [-0.2, -0.15) is 0 Å². The average molecular weight is 152 g/mol. The molecule has 0 atom stereocenters. The highest BCUT2D eigenvalue weighted by Crippen LogP contribution is 2.47.